The third-order valence-electron chi connectivity index (χ3n) is 3.26. The summed E-state index contributed by atoms with van der Waals surface area (Å²) in [4.78, 5) is 25.9. The molecule has 0 atom stereocenters. The molecule has 0 aliphatic carbocycles. The molecule has 0 radical (unpaired) electrons. The number of hydrogen-bond donors (Lipinski definition) is 0. The minimum absolute atomic E-state index is 0.0229. The smallest absolute Gasteiger partial charge is 0.305 e. The summed E-state index contributed by atoms with van der Waals surface area (Å²) < 4.78 is 38.1. The number of carbonyl (C=O) groups is 2. The second kappa shape index (κ2) is 8.86. The maximum absolute atomic E-state index is 14.1. The Balaban J connectivity index is 2.06. The van der Waals surface area contributed by atoms with Crippen molar-refractivity contribution >= 4 is 12.3 Å². The van der Waals surface area contributed by atoms with Crippen molar-refractivity contribution in [3.05, 3.63) is 47.7 Å². The van der Waals surface area contributed by atoms with Crippen LogP contribution in [0.25, 0.3) is 11.3 Å². The fraction of sp³-hybridized carbons (Fsp3) is 0.278. The number of nitrogens with zero attached hydrogens (tertiary/aromatic N) is 1. The molecule has 0 amide bonds. The van der Waals surface area contributed by atoms with E-state index in [2.05, 4.69) is 4.98 Å². The molecule has 1 aromatic carbocycles. The lowest BCUT2D eigenvalue weighted by molar-refractivity contribution is -0.143. The van der Waals surface area contributed by atoms with Crippen LogP contribution in [-0.2, 0) is 9.53 Å². The monoisotopic (exact) mass is 349 g/mol. The first kappa shape index (κ1) is 18.5. The van der Waals surface area contributed by atoms with E-state index in [1.807, 2.05) is 0 Å². The van der Waals surface area contributed by atoms with Gasteiger partial charge in [-0.3, -0.25) is 9.59 Å². The molecule has 0 fully saturated rings. The zero-order valence-corrected chi connectivity index (χ0v) is 13.6. The molecule has 0 unspecified atom stereocenters. The van der Waals surface area contributed by atoms with Crippen LogP contribution in [0.3, 0.4) is 0 Å². The summed E-state index contributed by atoms with van der Waals surface area (Å²) in [7, 11) is 0. The third-order valence-corrected chi connectivity index (χ3v) is 3.26. The number of hydrogen-bond acceptors (Lipinski definition) is 5. The van der Waals surface area contributed by atoms with Crippen molar-refractivity contribution in [3.63, 3.8) is 0 Å². The molecular weight excluding hydrogens is 332 g/mol. The molecule has 0 N–H and O–H groups in total. The van der Waals surface area contributed by atoms with Crippen LogP contribution in [0.15, 0.2) is 30.3 Å². The highest BCUT2D eigenvalue weighted by Crippen LogP contribution is 2.28. The van der Waals surface area contributed by atoms with Crippen LogP contribution >= 0.6 is 0 Å². The van der Waals surface area contributed by atoms with Gasteiger partial charge < -0.3 is 9.47 Å². The largest absolute Gasteiger partial charge is 0.488 e. The van der Waals surface area contributed by atoms with Gasteiger partial charge in [0.15, 0.2) is 23.7 Å². The lowest BCUT2D eigenvalue weighted by atomic mass is 10.1. The van der Waals surface area contributed by atoms with Crippen molar-refractivity contribution in [2.24, 2.45) is 0 Å². The maximum Gasteiger partial charge on any atom is 0.305 e. The van der Waals surface area contributed by atoms with E-state index in [1.165, 1.54) is 6.07 Å². The van der Waals surface area contributed by atoms with Gasteiger partial charge in [0, 0.05) is 12.0 Å². The first-order chi connectivity index (χ1) is 12.0. The Labute approximate surface area is 143 Å². The molecule has 1 aromatic heterocycles. The second-order valence-corrected chi connectivity index (χ2v) is 5.09. The van der Waals surface area contributed by atoms with Crippen molar-refractivity contribution in [2.45, 2.75) is 19.8 Å². The van der Waals surface area contributed by atoms with Gasteiger partial charge in [0.1, 0.15) is 5.69 Å². The molecule has 0 aliphatic rings. The molecule has 1 heterocycles. The minimum Gasteiger partial charge on any atom is -0.488 e. The van der Waals surface area contributed by atoms with E-state index in [9.17, 15) is 18.4 Å². The number of aldehydes is 1. The van der Waals surface area contributed by atoms with Gasteiger partial charge in [-0.1, -0.05) is 6.07 Å². The number of esters is 1. The van der Waals surface area contributed by atoms with Crippen LogP contribution in [0, 0.1) is 11.6 Å². The standard InChI is InChI=1S/C18H17F2NO4/c1-2-24-17(23)7-4-8-25-18-14(19)9-12(10-15(18)20)16-6-3-5-13(11-22)21-16/h3,5-6,9-11H,2,4,7-8H2,1H3. The van der Waals surface area contributed by atoms with Crippen LogP contribution in [0.5, 0.6) is 5.75 Å². The van der Waals surface area contributed by atoms with Gasteiger partial charge in [0.2, 0.25) is 0 Å². The molecule has 2 aromatic rings. The Morgan fingerprint density at radius 2 is 1.96 bits per heavy atom. The number of pyridine rings is 1. The summed E-state index contributed by atoms with van der Waals surface area (Å²) >= 11 is 0. The highest BCUT2D eigenvalue weighted by Gasteiger charge is 2.15. The highest BCUT2D eigenvalue weighted by molar-refractivity contribution is 5.74. The van der Waals surface area contributed by atoms with Gasteiger partial charge in [0.25, 0.3) is 0 Å². The van der Waals surface area contributed by atoms with Gasteiger partial charge in [-0.15, -0.1) is 0 Å². The van der Waals surface area contributed by atoms with E-state index in [4.69, 9.17) is 9.47 Å². The molecular formula is C18H17F2NO4. The maximum atomic E-state index is 14.1. The average Bonchev–Trinajstić information content (AvgIpc) is 2.60. The molecule has 0 saturated heterocycles. The summed E-state index contributed by atoms with van der Waals surface area (Å²) in [6.07, 6.45) is 0.942. The Morgan fingerprint density at radius 1 is 1.24 bits per heavy atom. The first-order valence-corrected chi connectivity index (χ1v) is 7.75. The lowest BCUT2D eigenvalue weighted by Gasteiger charge is -2.10. The molecule has 0 spiro atoms. The van der Waals surface area contributed by atoms with Crippen LogP contribution in [0.2, 0.25) is 0 Å². The zero-order chi connectivity index (χ0) is 18.2. The summed E-state index contributed by atoms with van der Waals surface area (Å²) in [6, 6.07) is 6.77. The van der Waals surface area contributed by atoms with Gasteiger partial charge >= 0.3 is 5.97 Å². The van der Waals surface area contributed by atoms with Crippen LogP contribution in [0.4, 0.5) is 8.78 Å². The van der Waals surface area contributed by atoms with Crippen molar-refractivity contribution in [3.8, 4) is 17.0 Å². The number of benzene rings is 1. The van der Waals surface area contributed by atoms with E-state index in [0.29, 0.717) is 6.29 Å². The molecule has 132 valence electrons. The highest BCUT2D eigenvalue weighted by atomic mass is 19.1. The van der Waals surface area contributed by atoms with E-state index in [-0.39, 0.29) is 49.0 Å². The number of ether oxygens (including phenoxy) is 2. The minimum atomic E-state index is -0.885. The first-order valence-electron chi connectivity index (χ1n) is 7.75. The van der Waals surface area contributed by atoms with Crippen molar-refractivity contribution in [2.75, 3.05) is 13.2 Å². The van der Waals surface area contributed by atoms with Crippen LogP contribution in [0.1, 0.15) is 30.3 Å². The predicted molar refractivity (Wildman–Crippen MR) is 86.3 cm³/mol. The van der Waals surface area contributed by atoms with Crippen molar-refractivity contribution in [1.29, 1.82) is 0 Å². The fourth-order valence-electron chi connectivity index (χ4n) is 2.15. The van der Waals surface area contributed by atoms with Crippen molar-refractivity contribution < 1.29 is 27.8 Å². The SMILES string of the molecule is CCOC(=O)CCCOc1c(F)cc(-c2cccc(C=O)n2)cc1F. The molecule has 25 heavy (non-hydrogen) atoms. The lowest BCUT2D eigenvalue weighted by Crippen LogP contribution is -2.08. The van der Waals surface area contributed by atoms with E-state index >= 15 is 0 Å². The number of halogens is 2. The number of rotatable bonds is 8. The summed E-state index contributed by atoms with van der Waals surface area (Å²) in [5.74, 6) is -2.67. The Morgan fingerprint density at radius 3 is 2.60 bits per heavy atom. The van der Waals surface area contributed by atoms with Crippen molar-refractivity contribution in [1.82, 2.24) is 4.98 Å². The number of carbonyl (C=O) groups excluding carboxylic acids is 2. The van der Waals surface area contributed by atoms with Gasteiger partial charge in [-0.25, -0.2) is 13.8 Å². The summed E-state index contributed by atoms with van der Waals surface area (Å²) in [5, 5.41) is 0. The molecule has 0 saturated carbocycles. The topological polar surface area (TPSA) is 65.5 Å². The van der Waals surface area contributed by atoms with Gasteiger partial charge in [0.05, 0.1) is 18.9 Å². The predicted octanol–water partition coefficient (Wildman–Crippen LogP) is 3.56. The molecule has 2 rings (SSSR count). The fourth-order valence-corrected chi connectivity index (χ4v) is 2.15. The number of aromatic nitrogens is 1. The summed E-state index contributed by atoms with van der Waals surface area (Å²) in [5.41, 5.74) is 0.631. The Bertz CT molecular complexity index is 741. The molecule has 0 aliphatic heterocycles. The van der Waals surface area contributed by atoms with E-state index in [1.54, 1.807) is 19.1 Å². The third kappa shape index (κ3) is 5.07. The average molecular weight is 349 g/mol. The molecule has 0 bridgehead atoms. The van der Waals surface area contributed by atoms with E-state index < -0.39 is 17.4 Å². The Kier molecular flexibility index (Phi) is 6.56. The molecule has 7 heteroatoms. The summed E-state index contributed by atoms with van der Waals surface area (Å²) in [6.45, 7) is 1.95. The zero-order valence-electron chi connectivity index (χ0n) is 13.6. The normalized spacial score (nSPS) is 10.4. The quantitative estimate of drug-likeness (QED) is 0.414. The second-order valence-electron chi connectivity index (χ2n) is 5.09. The van der Waals surface area contributed by atoms with Gasteiger partial charge in [-0.05, 0) is 37.6 Å². The van der Waals surface area contributed by atoms with E-state index in [0.717, 1.165) is 12.1 Å². The van der Waals surface area contributed by atoms with Crippen LogP contribution in [-0.4, -0.2) is 30.5 Å². The van der Waals surface area contributed by atoms with Gasteiger partial charge in [-0.2, -0.15) is 0 Å². The van der Waals surface area contributed by atoms with Crippen LogP contribution < -0.4 is 4.74 Å². The Hall–Kier alpha value is -2.83. The molecule has 5 nitrogen and oxygen atoms in total.